The number of fused-ring (bicyclic) bond motifs is 1. The summed E-state index contributed by atoms with van der Waals surface area (Å²) in [7, 11) is 0. The standard InChI is InChI=1S/C13H13BrO2/c1-9-6-7-13(14,8-12(15)16)11-5-3-2-4-10(9)11/h2-6H,7-8H2,1H3,(H,15,16)/p-1. The zero-order chi connectivity index (χ0) is 11.8. The Balaban J connectivity index is 2.50. The van der Waals surface area contributed by atoms with E-state index in [2.05, 4.69) is 22.0 Å². The fourth-order valence-electron chi connectivity index (χ4n) is 2.15. The van der Waals surface area contributed by atoms with Crippen molar-refractivity contribution in [1.29, 1.82) is 0 Å². The predicted molar refractivity (Wildman–Crippen MR) is 64.9 cm³/mol. The van der Waals surface area contributed by atoms with Gasteiger partial charge >= 0.3 is 0 Å². The molecule has 84 valence electrons. The Kier molecular flexibility index (Phi) is 2.89. The number of carboxylic acid groups (broad SMARTS) is 1. The first-order chi connectivity index (χ1) is 7.53. The van der Waals surface area contributed by atoms with E-state index in [1.165, 1.54) is 5.57 Å². The molecule has 0 spiro atoms. The molecule has 0 saturated heterocycles. The van der Waals surface area contributed by atoms with Crippen LogP contribution in [-0.2, 0) is 9.12 Å². The van der Waals surface area contributed by atoms with Crippen LogP contribution in [0.5, 0.6) is 0 Å². The molecule has 0 saturated carbocycles. The molecule has 1 unspecified atom stereocenters. The number of rotatable bonds is 2. The van der Waals surface area contributed by atoms with Gasteiger partial charge in [0.2, 0.25) is 0 Å². The number of carbonyl (C=O) groups excluding carboxylic acids is 1. The average Bonchev–Trinajstić information content (AvgIpc) is 2.24. The maximum atomic E-state index is 10.8. The van der Waals surface area contributed by atoms with Gasteiger partial charge in [0.1, 0.15) is 0 Å². The van der Waals surface area contributed by atoms with Crippen molar-refractivity contribution in [3.05, 3.63) is 41.5 Å². The summed E-state index contributed by atoms with van der Waals surface area (Å²) < 4.78 is -0.512. The Morgan fingerprint density at radius 1 is 1.50 bits per heavy atom. The fraction of sp³-hybridized carbons (Fsp3) is 0.308. The second kappa shape index (κ2) is 4.06. The van der Waals surface area contributed by atoms with Gasteiger partial charge in [-0.2, -0.15) is 0 Å². The quantitative estimate of drug-likeness (QED) is 0.779. The molecule has 0 aliphatic heterocycles. The predicted octanol–water partition coefficient (Wildman–Crippen LogP) is 2.22. The third-order valence-electron chi connectivity index (χ3n) is 2.99. The van der Waals surface area contributed by atoms with E-state index in [0.29, 0.717) is 6.42 Å². The van der Waals surface area contributed by atoms with Crippen molar-refractivity contribution in [2.45, 2.75) is 24.1 Å². The molecule has 16 heavy (non-hydrogen) atoms. The van der Waals surface area contributed by atoms with E-state index >= 15 is 0 Å². The molecule has 1 aromatic carbocycles. The Labute approximate surface area is 103 Å². The number of aliphatic carboxylic acids is 1. The van der Waals surface area contributed by atoms with Crippen LogP contribution >= 0.6 is 15.9 Å². The van der Waals surface area contributed by atoms with E-state index in [1.54, 1.807) is 0 Å². The second-order valence-corrected chi connectivity index (χ2v) is 5.67. The molecule has 1 aliphatic rings. The second-order valence-electron chi connectivity index (χ2n) is 4.15. The van der Waals surface area contributed by atoms with Crippen molar-refractivity contribution in [3.63, 3.8) is 0 Å². The van der Waals surface area contributed by atoms with Gasteiger partial charge in [-0.3, -0.25) is 0 Å². The van der Waals surface area contributed by atoms with Crippen LogP contribution in [-0.4, -0.2) is 5.97 Å². The Hall–Kier alpha value is -1.09. The summed E-state index contributed by atoms with van der Waals surface area (Å²) in [5, 5.41) is 10.8. The molecular formula is C13H12BrO2-. The maximum Gasteiger partial charge on any atom is 0.0598 e. The third-order valence-corrected chi connectivity index (χ3v) is 4.02. The highest BCUT2D eigenvalue weighted by Gasteiger charge is 2.33. The zero-order valence-electron chi connectivity index (χ0n) is 9.00. The van der Waals surface area contributed by atoms with Gasteiger partial charge in [-0.15, -0.1) is 0 Å². The van der Waals surface area contributed by atoms with E-state index in [0.717, 1.165) is 11.1 Å². The van der Waals surface area contributed by atoms with Gasteiger partial charge in [0, 0.05) is 12.4 Å². The zero-order valence-corrected chi connectivity index (χ0v) is 10.6. The summed E-state index contributed by atoms with van der Waals surface area (Å²) in [5.74, 6) is -1.03. The largest absolute Gasteiger partial charge is 0.550 e. The number of hydrogen-bond donors (Lipinski definition) is 0. The van der Waals surface area contributed by atoms with Crippen molar-refractivity contribution < 1.29 is 9.90 Å². The first kappa shape index (κ1) is 11.4. The van der Waals surface area contributed by atoms with Gasteiger partial charge in [0.05, 0.1) is 4.32 Å². The molecule has 2 nitrogen and oxygen atoms in total. The molecule has 0 bridgehead atoms. The topological polar surface area (TPSA) is 40.1 Å². The van der Waals surface area contributed by atoms with Gasteiger partial charge in [0.25, 0.3) is 0 Å². The third kappa shape index (κ3) is 1.92. The summed E-state index contributed by atoms with van der Waals surface area (Å²) in [6.45, 7) is 2.05. The molecule has 1 aliphatic carbocycles. The van der Waals surface area contributed by atoms with Crippen molar-refractivity contribution in [3.8, 4) is 0 Å². The number of halogens is 1. The summed E-state index contributed by atoms with van der Waals surface area (Å²) in [6, 6.07) is 7.89. The van der Waals surface area contributed by atoms with Gasteiger partial charge in [-0.1, -0.05) is 46.3 Å². The minimum Gasteiger partial charge on any atom is -0.550 e. The lowest BCUT2D eigenvalue weighted by Crippen LogP contribution is -2.33. The first-order valence-corrected chi connectivity index (χ1v) is 5.98. The average molecular weight is 280 g/mol. The van der Waals surface area contributed by atoms with Crippen LogP contribution in [0.3, 0.4) is 0 Å². The van der Waals surface area contributed by atoms with E-state index in [9.17, 15) is 9.90 Å². The Morgan fingerprint density at radius 2 is 2.19 bits per heavy atom. The van der Waals surface area contributed by atoms with Crippen LogP contribution in [0, 0.1) is 0 Å². The molecule has 0 amide bonds. The molecule has 0 N–H and O–H groups in total. The minimum absolute atomic E-state index is 0.00616. The number of benzene rings is 1. The van der Waals surface area contributed by atoms with E-state index < -0.39 is 10.3 Å². The summed E-state index contributed by atoms with van der Waals surface area (Å²) in [6.07, 6.45) is 2.75. The maximum absolute atomic E-state index is 10.8. The highest BCUT2D eigenvalue weighted by atomic mass is 79.9. The smallest absolute Gasteiger partial charge is 0.0598 e. The van der Waals surface area contributed by atoms with Crippen molar-refractivity contribution in [2.75, 3.05) is 0 Å². The lowest BCUT2D eigenvalue weighted by Gasteiger charge is -2.33. The van der Waals surface area contributed by atoms with Crippen molar-refractivity contribution in [2.24, 2.45) is 0 Å². The van der Waals surface area contributed by atoms with Gasteiger partial charge in [-0.25, -0.2) is 0 Å². The molecule has 3 heteroatoms. The molecular weight excluding hydrogens is 268 g/mol. The van der Waals surface area contributed by atoms with Gasteiger partial charge < -0.3 is 9.90 Å². The van der Waals surface area contributed by atoms with Gasteiger partial charge in [0.15, 0.2) is 0 Å². The van der Waals surface area contributed by atoms with Gasteiger partial charge in [-0.05, 0) is 30.0 Å². The number of carbonyl (C=O) groups is 1. The molecule has 1 atom stereocenters. The number of hydrogen-bond acceptors (Lipinski definition) is 2. The number of carboxylic acids is 1. The molecule has 0 aromatic heterocycles. The highest BCUT2D eigenvalue weighted by Crippen LogP contribution is 2.45. The Bertz CT molecular complexity index is 465. The SMILES string of the molecule is CC1=CCC(Br)(CC(=O)[O-])c2ccccc21. The molecule has 1 aromatic rings. The first-order valence-electron chi connectivity index (χ1n) is 5.18. The van der Waals surface area contributed by atoms with Crippen molar-refractivity contribution in [1.82, 2.24) is 0 Å². The van der Waals surface area contributed by atoms with Crippen LogP contribution in [0.2, 0.25) is 0 Å². The van der Waals surface area contributed by atoms with Crippen LogP contribution in [0.4, 0.5) is 0 Å². The minimum atomic E-state index is -1.03. The summed E-state index contributed by atoms with van der Waals surface area (Å²) >= 11 is 3.56. The monoisotopic (exact) mass is 279 g/mol. The van der Waals surface area contributed by atoms with Crippen LogP contribution in [0.25, 0.3) is 5.57 Å². The van der Waals surface area contributed by atoms with E-state index in [-0.39, 0.29) is 6.42 Å². The fourth-order valence-corrected chi connectivity index (χ4v) is 2.89. The molecule has 0 fully saturated rings. The van der Waals surface area contributed by atoms with Crippen LogP contribution in [0.1, 0.15) is 30.9 Å². The summed E-state index contributed by atoms with van der Waals surface area (Å²) in [5.41, 5.74) is 3.36. The number of allylic oxidation sites excluding steroid dienone is 2. The molecule has 0 heterocycles. The van der Waals surface area contributed by atoms with E-state index in [1.807, 2.05) is 31.2 Å². The number of alkyl halides is 1. The van der Waals surface area contributed by atoms with Crippen LogP contribution < -0.4 is 5.11 Å². The summed E-state index contributed by atoms with van der Waals surface area (Å²) in [4.78, 5) is 10.8. The molecule has 0 radical (unpaired) electrons. The van der Waals surface area contributed by atoms with Crippen molar-refractivity contribution >= 4 is 27.5 Å². The molecule has 2 rings (SSSR count). The van der Waals surface area contributed by atoms with E-state index in [4.69, 9.17) is 0 Å². The normalized spacial score (nSPS) is 23.5. The lowest BCUT2D eigenvalue weighted by molar-refractivity contribution is -0.306. The highest BCUT2D eigenvalue weighted by molar-refractivity contribution is 9.09. The van der Waals surface area contributed by atoms with Crippen LogP contribution in [0.15, 0.2) is 30.3 Å². The Morgan fingerprint density at radius 3 is 2.88 bits per heavy atom. The lowest BCUT2D eigenvalue weighted by atomic mass is 9.81.